The number of benzene rings is 1. The summed E-state index contributed by atoms with van der Waals surface area (Å²) in [5, 5.41) is 5.41. The summed E-state index contributed by atoms with van der Waals surface area (Å²) in [6.45, 7) is 3.57. The van der Waals surface area contributed by atoms with Crippen molar-refractivity contribution in [2.24, 2.45) is 0 Å². The number of ether oxygens (including phenoxy) is 1. The Bertz CT molecular complexity index is 851. The lowest BCUT2D eigenvalue weighted by molar-refractivity contribution is -0.134. The van der Waals surface area contributed by atoms with Crippen LogP contribution in [0.4, 0.5) is 4.79 Å². The molecule has 1 aliphatic heterocycles. The topological polar surface area (TPSA) is 122 Å². The third-order valence-corrected chi connectivity index (χ3v) is 6.29. The average molecular weight is 426 g/mol. The Morgan fingerprint density at radius 1 is 1.21 bits per heavy atom. The van der Waals surface area contributed by atoms with E-state index in [0.717, 1.165) is 5.56 Å². The first-order chi connectivity index (χ1) is 13.6. The second-order valence-electron chi connectivity index (χ2n) is 7.32. The highest BCUT2D eigenvalue weighted by molar-refractivity contribution is 7.91. The molecule has 0 spiro atoms. The second kappa shape index (κ2) is 9.73. The SMILES string of the molecule is CC(C)NC(=O)NCc1ccc(C(=O)OCC(=O)N(C)[C@@H]2CCS(=O)(=O)C2)cc1. The fraction of sp³-hybridized carbons (Fsp3) is 0.526. The van der Waals surface area contributed by atoms with Crippen molar-refractivity contribution in [1.82, 2.24) is 15.5 Å². The highest BCUT2D eigenvalue weighted by Crippen LogP contribution is 2.16. The molecule has 1 aromatic carbocycles. The molecule has 0 saturated carbocycles. The molecule has 0 aliphatic carbocycles. The molecule has 160 valence electrons. The van der Waals surface area contributed by atoms with Crippen molar-refractivity contribution in [3.63, 3.8) is 0 Å². The predicted molar refractivity (Wildman–Crippen MR) is 107 cm³/mol. The average Bonchev–Trinajstić information content (AvgIpc) is 3.03. The molecule has 2 rings (SSSR count). The Morgan fingerprint density at radius 2 is 1.86 bits per heavy atom. The van der Waals surface area contributed by atoms with Crippen LogP contribution in [0.1, 0.15) is 36.2 Å². The third-order valence-electron chi connectivity index (χ3n) is 4.54. The predicted octanol–water partition coefficient (Wildman–Crippen LogP) is 0.697. The second-order valence-corrected chi connectivity index (χ2v) is 9.54. The summed E-state index contributed by atoms with van der Waals surface area (Å²) in [5.41, 5.74) is 1.08. The number of nitrogens with one attached hydrogen (secondary N) is 2. The largest absolute Gasteiger partial charge is 0.452 e. The maximum absolute atomic E-state index is 12.2. The molecule has 0 aromatic heterocycles. The van der Waals surface area contributed by atoms with Gasteiger partial charge in [-0.3, -0.25) is 4.79 Å². The Balaban J connectivity index is 1.80. The van der Waals surface area contributed by atoms with Crippen molar-refractivity contribution >= 4 is 27.7 Å². The van der Waals surface area contributed by atoms with E-state index in [2.05, 4.69) is 10.6 Å². The molecule has 2 N–H and O–H groups in total. The van der Waals surface area contributed by atoms with Gasteiger partial charge in [-0.15, -0.1) is 0 Å². The van der Waals surface area contributed by atoms with Crippen molar-refractivity contribution in [2.75, 3.05) is 25.2 Å². The van der Waals surface area contributed by atoms with Gasteiger partial charge in [0.2, 0.25) is 0 Å². The molecule has 1 aliphatic rings. The number of amides is 3. The summed E-state index contributed by atoms with van der Waals surface area (Å²) < 4.78 is 28.1. The third kappa shape index (κ3) is 7.04. The fourth-order valence-corrected chi connectivity index (χ4v) is 4.63. The normalized spacial score (nSPS) is 17.6. The zero-order valence-electron chi connectivity index (χ0n) is 16.8. The van der Waals surface area contributed by atoms with Crippen molar-refractivity contribution < 1.29 is 27.5 Å². The monoisotopic (exact) mass is 425 g/mol. The molecule has 9 nitrogen and oxygen atoms in total. The first kappa shape index (κ1) is 22.7. The first-order valence-corrected chi connectivity index (χ1v) is 11.2. The smallest absolute Gasteiger partial charge is 0.338 e. The zero-order valence-corrected chi connectivity index (χ0v) is 17.6. The number of carbonyl (C=O) groups excluding carboxylic acids is 3. The Labute approximate surface area is 170 Å². The van der Waals surface area contributed by atoms with E-state index < -0.39 is 28.3 Å². The molecule has 0 radical (unpaired) electrons. The number of hydrogen-bond acceptors (Lipinski definition) is 6. The van der Waals surface area contributed by atoms with Crippen molar-refractivity contribution in [3.05, 3.63) is 35.4 Å². The van der Waals surface area contributed by atoms with Crippen LogP contribution in [0.15, 0.2) is 24.3 Å². The summed E-state index contributed by atoms with van der Waals surface area (Å²) in [6.07, 6.45) is 0.392. The van der Waals surface area contributed by atoms with Crippen LogP contribution in [-0.4, -0.2) is 68.5 Å². The minimum absolute atomic E-state index is 0.0342. The Morgan fingerprint density at radius 3 is 2.41 bits per heavy atom. The van der Waals surface area contributed by atoms with Crippen LogP contribution in [0, 0.1) is 0 Å². The van der Waals surface area contributed by atoms with Crippen LogP contribution < -0.4 is 10.6 Å². The lowest BCUT2D eigenvalue weighted by Crippen LogP contribution is -2.40. The lowest BCUT2D eigenvalue weighted by atomic mass is 10.1. The van der Waals surface area contributed by atoms with Crippen LogP contribution in [0.3, 0.4) is 0 Å². The Hall–Kier alpha value is -2.62. The number of sulfone groups is 1. The van der Waals surface area contributed by atoms with Crippen molar-refractivity contribution in [1.29, 1.82) is 0 Å². The molecule has 3 amide bonds. The summed E-state index contributed by atoms with van der Waals surface area (Å²) in [6, 6.07) is 5.85. The highest BCUT2D eigenvalue weighted by atomic mass is 32.2. The number of rotatable bonds is 7. The number of carbonyl (C=O) groups is 3. The molecule has 10 heteroatoms. The van der Waals surface area contributed by atoms with E-state index >= 15 is 0 Å². The molecule has 29 heavy (non-hydrogen) atoms. The summed E-state index contributed by atoms with van der Waals surface area (Å²) in [4.78, 5) is 37.2. The first-order valence-electron chi connectivity index (χ1n) is 9.34. The van der Waals surface area contributed by atoms with Gasteiger partial charge >= 0.3 is 12.0 Å². The van der Waals surface area contributed by atoms with Gasteiger partial charge in [-0.2, -0.15) is 0 Å². The van der Waals surface area contributed by atoms with E-state index in [1.54, 1.807) is 24.3 Å². The fourth-order valence-electron chi connectivity index (χ4n) is 2.85. The van der Waals surface area contributed by atoms with Gasteiger partial charge in [0.15, 0.2) is 16.4 Å². The van der Waals surface area contributed by atoms with E-state index in [9.17, 15) is 22.8 Å². The van der Waals surface area contributed by atoms with Gasteiger partial charge < -0.3 is 20.3 Å². The number of esters is 1. The van der Waals surface area contributed by atoms with Gasteiger partial charge in [-0.1, -0.05) is 12.1 Å². The molecule has 0 unspecified atom stereocenters. The minimum Gasteiger partial charge on any atom is -0.452 e. The number of likely N-dealkylation sites (N-methyl/N-ethyl adjacent to an activating group) is 1. The Kier molecular flexibility index (Phi) is 7.60. The van der Waals surface area contributed by atoms with Crippen LogP contribution in [0.2, 0.25) is 0 Å². The molecule has 1 heterocycles. The molecule has 1 saturated heterocycles. The van der Waals surface area contributed by atoms with Gasteiger partial charge in [0.05, 0.1) is 17.1 Å². The van der Waals surface area contributed by atoms with Gasteiger partial charge in [0.25, 0.3) is 5.91 Å². The maximum Gasteiger partial charge on any atom is 0.338 e. The van der Waals surface area contributed by atoms with Crippen molar-refractivity contribution in [3.8, 4) is 0 Å². The van der Waals surface area contributed by atoms with Crippen LogP contribution in [0.5, 0.6) is 0 Å². The molecule has 1 aromatic rings. The van der Waals surface area contributed by atoms with Crippen molar-refractivity contribution in [2.45, 2.75) is 38.9 Å². The van der Waals surface area contributed by atoms with E-state index in [4.69, 9.17) is 4.74 Å². The van der Waals surface area contributed by atoms with Gasteiger partial charge in [-0.05, 0) is 38.0 Å². The summed E-state index contributed by atoms with van der Waals surface area (Å²) in [5.74, 6) is -1.09. The van der Waals surface area contributed by atoms with Gasteiger partial charge in [0.1, 0.15) is 0 Å². The number of nitrogens with zero attached hydrogens (tertiary/aromatic N) is 1. The standard InChI is InChI=1S/C19H27N3O6S/c1-13(2)21-19(25)20-10-14-4-6-15(7-5-14)18(24)28-11-17(23)22(3)16-8-9-29(26,27)12-16/h4-7,13,16H,8-12H2,1-3H3,(H2,20,21,25)/t16-/m1/s1. The quantitative estimate of drug-likeness (QED) is 0.620. The molecular formula is C19H27N3O6S. The van der Waals surface area contributed by atoms with E-state index in [1.807, 2.05) is 13.8 Å². The summed E-state index contributed by atoms with van der Waals surface area (Å²) >= 11 is 0. The van der Waals surface area contributed by atoms with Crippen LogP contribution in [-0.2, 0) is 25.9 Å². The van der Waals surface area contributed by atoms with Crippen LogP contribution in [0.25, 0.3) is 0 Å². The number of urea groups is 1. The summed E-state index contributed by atoms with van der Waals surface area (Å²) in [7, 11) is -1.59. The van der Waals surface area contributed by atoms with Crippen LogP contribution >= 0.6 is 0 Å². The molecule has 1 fully saturated rings. The number of hydrogen-bond donors (Lipinski definition) is 2. The minimum atomic E-state index is -3.10. The lowest BCUT2D eigenvalue weighted by Gasteiger charge is -2.23. The molecular weight excluding hydrogens is 398 g/mol. The maximum atomic E-state index is 12.2. The van der Waals surface area contributed by atoms with E-state index in [0.29, 0.717) is 13.0 Å². The molecule has 0 bridgehead atoms. The van der Waals surface area contributed by atoms with Gasteiger partial charge in [0, 0.05) is 25.7 Å². The van der Waals surface area contributed by atoms with E-state index in [1.165, 1.54) is 11.9 Å². The molecule has 1 atom stereocenters. The zero-order chi connectivity index (χ0) is 21.6. The van der Waals surface area contributed by atoms with Gasteiger partial charge in [-0.25, -0.2) is 18.0 Å². The highest BCUT2D eigenvalue weighted by Gasteiger charge is 2.32. The van der Waals surface area contributed by atoms with E-state index in [-0.39, 0.29) is 35.2 Å².